The molecule has 0 aliphatic carbocycles. The standard InChI is InChI=1S/C21H21NO4/c1-15(23)20-12-7-13-22(20)18-11-6-5-10-17(18)21(20,25)19(24)26-14-16-8-3-2-4-9-16/h2-6,8-11,25H,7,12-14H2,1H3/t20-,21+/m1/s1. The molecule has 0 radical (unpaired) electrons. The summed E-state index contributed by atoms with van der Waals surface area (Å²) in [6.45, 7) is 2.13. The summed E-state index contributed by atoms with van der Waals surface area (Å²) in [4.78, 5) is 27.7. The number of carbonyl (C=O) groups excluding carboxylic acids is 2. The molecule has 4 rings (SSSR count). The average Bonchev–Trinajstić information content (AvgIpc) is 3.20. The molecule has 5 heteroatoms. The molecule has 2 aromatic rings. The molecule has 0 amide bonds. The Bertz CT molecular complexity index is 865. The maximum atomic E-state index is 13.1. The number of rotatable bonds is 4. The fourth-order valence-electron chi connectivity index (χ4n) is 4.49. The second kappa shape index (κ2) is 5.95. The minimum Gasteiger partial charge on any atom is -0.458 e. The highest BCUT2D eigenvalue weighted by Gasteiger charge is 2.70. The van der Waals surface area contributed by atoms with Crippen LogP contribution in [0.15, 0.2) is 54.6 Å². The molecule has 26 heavy (non-hydrogen) atoms. The predicted molar refractivity (Wildman–Crippen MR) is 96.6 cm³/mol. The molecule has 2 aromatic carbocycles. The van der Waals surface area contributed by atoms with Gasteiger partial charge in [0, 0.05) is 17.8 Å². The topological polar surface area (TPSA) is 66.8 Å². The number of nitrogens with zero attached hydrogens (tertiary/aromatic N) is 1. The summed E-state index contributed by atoms with van der Waals surface area (Å²) in [5.41, 5.74) is -1.27. The van der Waals surface area contributed by atoms with E-state index in [4.69, 9.17) is 4.74 Å². The summed E-state index contributed by atoms with van der Waals surface area (Å²) in [6.07, 6.45) is 1.16. The van der Waals surface area contributed by atoms with Crippen LogP contribution in [-0.4, -0.2) is 28.9 Å². The van der Waals surface area contributed by atoms with Gasteiger partial charge < -0.3 is 14.7 Å². The second-order valence-corrected chi connectivity index (χ2v) is 6.96. The smallest absolute Gasteiger partial charge is 0.346 e. The number of fused-ring (bicyclic) bond motifs is 3. The Labute approximate surface area is 152 Å². The van der Waals surface area contributed by atoms with Crippen molar-refractivity contribution >= 4 is 17.4 Å². The SMILES string of the molecule is CC(=O)[C@@]12CCCN1c1ccccc1[C@]2(O)C(=O)OCc1ccccc1. The lowest BCUT2D eigenvalue weighted by molar-refractivity contribution is -0.177. The van der Waals surface area contributed by atoms with Crippen molar-refractivity contribution in [3.63, 3.8) is 0 Å². The first-order valence-electron chi connectivity index (χ1n) is 8.83. The molecular weight excluding hydrogens is 330 g/mol. The zero-order valence-electron chi connectivity index (χ0n) is 14.6. The van der Waals surface area contributed by atoms with Gasteiger partial charge in [0.1, 0.15) is 12.1 Å². The van der Waals surface area contributed by atoms with E-state index in [1.807, 2.05) is 47.4 Å². The van der Waals surface area contributed by atoms with Gasteiger partial charge in [-0.2, -0.15) is 0 Å². The maximum Gasteiger partial charge on any atom is 0.346 e. The van der Waals surface area contributed by atoms with Crippen LogP contribution in [-0.2, 0) is 26.5 Å². The Hall–Kier alpha value is -2.66. The number of anilines is 1. The molecule has 2 aliphatic heterocycles. The number of Topliss-reactive ketones (excluding diaryl/α,β-unsaturated/α-hetero) is 1. The van der Waals surface area contributed by atoms with Gasteiger partial charge in [-0.1, -0.05) is 48.5 Å². The van der Waals surface area contributed by atoms with Crippen molar-refractivity contribution in [3.05, 3.63) is 65.7 Å². The third kappa shape index (κ3) is 2.07. The summed E-state index contributed by atoms with van der Waals surface area (Å²) in [5.74, 6) is -0.987. The van der Waals surface area contributed by atoms with Crippen LogP contribution in [0, 0.1) is 0 Å². The van der Waals surface area contributed by atoms with Crippen molar-refractivity contribution in [1.82, 2.24) is 0 Å². The number of aliphatic hydroxyl groups is 1. The van der Waals surface area contributed by atoms with Gasteiger partial charge >= 0.3 is 5.97 Å². The summed E-state index contributed by atoms with van der Waals surface area (Å²) in [6, 6.07) is 16.5. The molecule has 2 atom stereocenters. The number of para-hydroxylation sites is 1. The highest BCUT2D eigenvalue weighted by molar-refractivity contribution is 6.04. The summed E-state index contributed by atoms with van der Waals surface area (Å²) >= 11 is 0. The fourth-order valence-corrected chi connectivity index (χ4v) is 4.49. The molecule has 0 aromatic heterocycles. The Kier molecular flexibility index (Phi) is 3.84. The number of ketones is 1. The van der Waals surface area contributed by atoms with Gasteiger partial charge in [0.2, 0.25) is 5.60 Å². The summed E-state index contributed by atoms with van der Waals surface area (Å²) < 4.78 is 5.49. The number of esters is 1. The highest BCUT2D eigenvalue weighted by Crippen LogP contribution is 2.56. The van der Waals surface area contributed by atoms with Crippen LogP contribution in [0.1, 0.15) is 30.9 Å². The van der Waals surface area contributed by atoms with E-state index >= 15 is 0 Å². The molecule has 1 N–H and O–H groups in total. The zero-order valence-corrected chi connectivity index (χ0v) is 14.6. The van der Waals surface area contributed by atoms with Crippen molar-refractivity contribution in [2.75, 3.05) is 11.4 Å². The van der Waals surface area contributed by atoms with Crippen molar-refractivity contribution in [1.29, 1.82) is 0 Å². The van der Waals surface area contributed by atoms with Gasteiger partial charge in [-0.25, -0.2) is 4.79 Å². The summed E-state index contributed by atoms with van der Waals surface area (Å²) in [7, 11) is 0. The molecule has 1 fully saturated rings. The van der Waals surface area contributed by atoms with E-state index in [1.54, 1.807) is 12.1 Å². The van der Waals surface area contributed by atoms with Crippen molar-refractivity contribution < 1.29 is 19.4 Å². The third-order valence-corrected chi connectivity index (χ3v) is 5.65. The first-order valence-corrected chi connectivity index (χ1v) is 8.83. The van der Waals surface area contributed by atoms with E-state index < -0.39 is 17.1 Å². The number of ether oxygens (including phenoxy) is 1. The van der Waals surface area contributed by atoms with E-state index in [0.717, 1.165) is 17.7 Å². The molecule has 134 valence electrons. The first kappa shape index (κ1) is 16.8. The Morgan fingerprint density at radius 3 is 2.54 bits per heavy atom. The van der Waals surface area contributed by atoms with Gasteiger partial charge in [-0.3, -0.25) is 4.79 Å². The average molecular weight is 351 g/mol. The Morgan fingerprint density at radius 2 is 1.81 bits per heavy atom. The van der Waals surface area contributed by atoms with E-state index in [-0.39, 0.29) is 12.4 Å². The van der Waals surface area contributed by atoms with E-state index in [9.17, 15) is 14.7 Å². The first-order chi connectivity index (χ1) is 12.5. The molecule has 1 saturated heterocycles. The lowest BCUT2D eigenvalue weighted by Crippen LogP contribution is -2.63. The number of hydrogen-bond acceptors (Lipinski definition) is 5. The largest absolute Gasteiger partial charge is 0.458 e. The minimum atomic E-state index is -2.00. The quantitative estimate of drug-likeness (QED) is 0.858. The zero-order chi connectivity index (χ0) is 18.4. The van der Waals surface area contributed by atoms with Crippen molar-refractivity contribution in [2.45, 2.75) is 37.5 Å². The van der Waals surface area contributed by atoms with Crippen molar-refractivity contribution in [3.8, 4) is 0 Å². The molecule has 0 unspecified atom stereocenters. The highest BCUT2D eigenvalue weighted by atomic mass is 16.6. The fraction of sp³-hybridized carbons (Fsp3) is 0.333. The molecule has 0 saturated carbocycles. The van der Waals surface area contributed by atoms with Crippen LogP contribution in [0.2, 0.25) is 0 Å². The number of carbonyl (C=O) groups is 2. The van der Waals surface area contributed by atoms with Crippen LogP contribution in [0.3, 0.4) is 0 Å². The lowest BCUT2D eigenvalue weighted by atomic mass is 9.74. The van der Waals surface area contributed by atoms with Crippen molar-refractivity contribution in [2.24, 2.45) is 0 Å². The normalized spacial score (nSPS) is 26.3. The molecule has 5 nitrogen and oxygen atoms in total. The van der Waals surface area contributed by atoms with Gasteiger partial charge in [0.15, 0.2) is 5.78 Å². The van der Waals surface area contributed by atoms with Crippen LogP contribution in [0.4, 0.5) is 5.69 Å². The van der Waals surface area contributed by atoms with E-state index in [0.29, 0.717) is 18.5 Å². The molecule has 0 spiro atoms. The third-order valence-electron chi connectivity index (χ3n) is 5.65. The molecular formula is C21H21NO4. The van der Waals surface area contributed by atoms with Gasteiger partial charge in [-0.15, -0.1) is 0 Å². The van der Waals surface area contributed by atoms with Crippen LogP contribution >= 0.6 is 0 Å². The number of hydrogen-bond donors (Lipinski definition) is 1. The summed E-state index contributed by atoms with van der Waals surface area (Å²) in [5, 5.41) is 11.6. The lowest BCUT2D eigenvalue weighted by Gasteiger charge is -2.40. The van der Waals surface area contributed by atoms with Crippen LogP contribution in [0.25, 0.3) is 0 Å². The van der Waals surface area contributed by atoms with Crippen LogP contribution in [0.5, 0.6) is 0 Å². The second-order valence-electron chi connectivity index (χ2n) is 6.96. The maximum absolute atomic E-state index is 13.1. The van der Waals surface area contributed by atoms with Gasteiger partial charge in [0.05, 0.1) is 0 Å². The van der Waals surface area contributed by atoms with E-state index in [1.165, 1.54) is 6.92 Å². The predicted octanol–water partition coefficient (Wildman–Crippen LogP) is 2.56. The van der Waals surface area contributed by atoms with E-state index in [2.05, 4.69) is 0 Å². The monoisotopic (exact) mass is 351 g/mol. The van der Waals surface area contributed by atoms with Crippen LogP contribution < -0.4 is 4.90 Å². The molecule has 2 aliphatic rings. The minimum absolute atomic E-state index is 0.0537. The molecule has 2 heterocycles. The Morgan fingerprint density at radius 1 is 1.12 bits per heavy atom. The number of benzene rings is 2. The van der Waals surface area contributed by atoms with Gasteiger partial charge in [0.25, 0.3) is 0 Å². The van der Waals surface area contributed by atoms with Gasteiger partial charge in [-0.05, 0) is 31.4 Å². The Balaban J connectivity index is 1.76. The molecule has 0 bridgehead atoms.